The maximum absolute atomic E-state index is 10.7. The van der Waals surface area contributed by atoms with Gasteiger partial charge < -0.3 is 5.11 Å². The van der Waals surface area contributed by atoms with Gasteiger partial charge in [0, 0.05) is 26.9 Å². The molecule has 1 N–H and O–H groups in total. The van der Waals surface area contributed by atoms with Gasteiger partial charge >= 0.3 is 0 Å². The molecule has 126 valence electrons. The fourth-order valence-corrected chi connectivity index (χ4v) is 3.17. The summed E-state index contributed by atoms with van der Waals surface area (Å²) in [7, 11) is 0. The Labute approximate surface area is 158 Å². The summed E-state index contributed by atoms with van der Waals surface area (Å²) in [6.45, 7) is 10.8. The molecule has 0 amide bonds. The van der Waals surface area contributed by atoms with Gasteiger partial charge in [-0.2, -0.15) is 5.10 Å². The van der Waals surface area contributed by atoms with Gasteiger partial charge in [-0.15, -0.1) is 0 Å². The van der Waals surface area contributed by atoms with Crippen LogP contribution in [0.15, 0.2) is 41.0 Å². The van der Waals surface area contributed by atoms with E-state index in [0.717, 1.165) is 15.9 Å². The van der Waals surface area contributed by atoms with Gasteiger partial charge in [-0.1, -0.05) is 17.7 Å². The summed E-state index contributed by atoms with van der Waals surface area (Å²) in [6.07, 6.45) is 0.774. The molecule has 0 aliphatic carbocycles. The summed E-state index contributed by atoms with van der Waals surface area (Å²) in [5.41, 5.74) is 3.89. The highest BCUT2D eigenvalue weighted by molar-refractivity contribution is 9.10. The van der Waals surface area contributed by atoms with E-state index in [2.05, 4.69) is 30.9 Å². The molecular formula is C18H14BrClN4O. The first-order valence-corrected chi connectivity index (χ1v) is 8.62. The summed E-state index contributed by atoms with van der Waals surface area (Å²) in [6, 6.07) is 8.75. The van der Waals surface area contributed by atoms with Crippen molar-refractivity contribution < 1.29 is 5.11 Å². The second-order valence-electron chi connectivity index (χ2n) is 5.55. The summed E-state index contributed by atoms with van der Waals surface area (Å²) in [5, 5.41) is 15.6. The number of halogens is 2. The normalized spacial score (nSPS) is 12.0. The van der Waals surface area contributed by atoms with E-state index in [4.69, 9.17) is 18.2 Å². The van der Waals surface area contributed by atoms with Crippen LogP contribution in [0.25, 0.3) is 10.5 Å². The first kappa shape index (κ1) is 17.6. The highest BCUT2D eigenvalue weighted by Crippen LogP contribution is 2.31. The Bertz CT molecular complexity index is 976. The molecule has 3 rings (SSSR count). The predicted molar refractivity (Wildman–Crippen MR) is 100 cm³/mol. The molecular weight excluding hydrogens is 404 g/mol. The van der Waals surface area contributed by atoms with Crippen LogP contribution in [0.3, 0.4) is 0 Å². The number of aliphatic hydroxyl groups is 1. The zero-order valence-electron chi connectivity index (χ0n) is 13.5. The molecule has 3 aromatic rings. The molecule has 1 unspecified atom stereocenters. The molecule has 0 fully saturated rings. The van der Waals surface area contributed by atoms with E-state index < -0.39 is 6.10 Å². The topological polar surface area (TPSA) is 55.3 Å². The average molecular weight is 418 g/mol. The average Bonchev–Trinajstić information content (AvgIpc) is 2.89. The third-order valence-corrected chi connectivity index (χ3v) is 4.72. The monoisotopic (exact) mass is 416 g/mol. The summed E-state index contributed by atoms with van der Waals surface area (Å²) in [5.74, 6) is 0. The lowest BCUT2D eigenvalue weighted by Crippen LogP contribution is -2.05. The predicted octanol–water partition coefficient (Wildman–Crippen LogP) is 4.93. The molecule has 0 spiro atoms. The lowest BCUT2D eigenvalue weighted by Gasteiger charge is -2.12. The van der Waals surface area contributed by atoms with E-state index in [1.54, 1.807) is 35.1 Å². The number of hydrogen-bond acceptors (Lipinski definition) is 3. The maximum Gasteiger partial charge on any atom is 0.205 e. The van der Waals surface area contributed by atoms with Crippen molar-refractivity contribution in [2.45, 2.75) is 20.0 Å². The maximum atomic E-state index is 10.7. The molecule has 0 saturated carbocycles. The molecule has 5 nitrogen and oxygen atoms in total. The number of rotatable bonds is 3. The molecule has 2 heterocycles. The van der Waals surface area contributed by atoms with Crippen LogP contribution in [0.4, 0.5) is 5.69 Å². The van der Waals surface area contributed by atoms with Crippen LogP contribution in [-0.4, -0.2) is 19.9 Å². The Morgan fingerprint density at radius 3 is 2.64 bits per heavy atom. The molecule has 0 saturated heterocycles. The van der Waals surface area contributed by atoms with Crippen molar-refractivity contribution in [3.8, 4) is 5.69 Å². The SMILES string of the molecule is [C-]#[N+]c1ccc(-n2nc(C)c(C(O)c3ccc(Br)cn3)c2C)cc1Cl. The van der Waals surface area contributed by atoms with Crippen molar-refractivity contribution in [2.24, 2.45) is 0 Å². The molecule has 0 aliphatic rings. The summed E-state index contributed by atoms with van der Waals surface area (Å²) < 4.78 is 2.56. The first-order chi connectivity index (χ1) is 11.9. The van der Waals surface area contributed by atoms with Crippen LogP contribution < -0.4 is 0 Å². The Balaban J connectivity index is 2.05. The molecule has 0 radical (unpaired) electrons. The van der Waals surface area contributed by atoms with Crippen LogP contribution in [0.5, 0.6) is 0 Å². The Morgan fingerprint density at radius 2 is 2.04 bits per heavy atom. The Kier molecular flexibility index (Phi) is 4.91. The van der Waals surface area contributed by atoms with E-state index in [0.29, 0.717) is 27.7 Å². The minimum absolute atomic E-state index is 0.372. The van der Waals surface area contributed by atoms with Crippen molar-refractivity contribution in [3.05, 3.63) is 80.1 Å². The van der Waals surface area contributed by atoms with Gasteiger partial charge in [-0.25, -0.2) is 9.53 Å². The van der Waals surface area contributed by atoms with Crippen molar-refractivity contribution in [3.63, 3.8) is 0 Å². The van der Waals surface area contributed by atoms with Gasteiger partial charge in [0.15, 0.2) is 0 Å². The highest BCUT2D eigenvalue weighted by atomic mass is 79.9. The Morgan fingerprint density at radius 1 is 1.28 bits per heavy atom. The van der Waals surface area contributed by atoms with E-state index in [1.165, 1.54) is 0 Å². The number of pyridine rings is 1. The summed E-state index contributed by atoms with van der Waals surface area (Å²) in [4.78, 5) is 7.63. The van der Waals surface area contributed by atoms with E-state index in [9.17, 15) is 5.11 Å². The number of hydrogen-bond donors (Lipinski definition) is 1. The first-order valence-electron chi connectivity index (χ1n) is 7.45. The van der Waals surface area contributed by atoms with Crippen LogP contribution in [0, 0.1) is 20.4 Å². The minimum Gasteiger partial charge on any atom is -0.382 e. The molecule has 2 aromatic heterocycles. The van der Waals surface area contributed by atoms with Gasteiger partial charge in [0.1, 0.15) is 6.10 Å². The van der Waals surface area contributed by atoms with Crippen LogP contribution in [-0.2, 0) is 0 Å². The molecule has 1 atom stereocenters. The molecule has 1 aromatic carbocycles. The smallest absolute Gasteiger partial charge is 0.205 e. The van der Waals surface area contributed by atoms with E-state index >= 15 is 0 Å². The van der Waals surface area contributed by atoms with Gasteiger partial charge in [-0.05, 0) is 54.0 Å². The fourth-order valence-electron chi connectivity index (χ4n) is 2.72. The van der Waals surface area contributed by atoms with Crippen LogP contribution >= 0.6 is 27.5 Å². The number of benzene rings is 1. The van der Waals surface area contributed by atoms with Gasteiger partial charge in [0.2, 0.25) is 5.69 Å². The van der Waals surface area contributed by atoms with E-state index in [-0.39, 0.29) is 0 Å². The third kappa shape index (κ3) is 3.31. The second-order valence-corrected chi connectivity index (χ2v) is 6.87. The second kappa shape index (κ2) is 6.96. The van der Waals surface area contributed by atoms with Crippen molar-refractivity contribution in [2.75, 3.05) is 0 Å². The van der Waals surface area contributed by atoms with E-state index in [1.807, 2.05) is 19.9 Å². The largest absolute Gasteiger partial charge is 0.382 e. The number of nitrogens with zero attached hydrogens (tertiary/aromatic N) is 4. The Hall–Kier alpha value is -2.20. The molecule has 0 aliphatic heterocycles. The van der Waals surface area contributed by atoms with Crippen LogP contribution in [0.1, 0.15) is 28.7 Å². The number of aromatic nitrogens is 3. The van der Waals surface area contributed by atoms with Gasteiger partial charge in [0.25, 0.3) is 0 Å². The minimum atomic E-state index is -0.875. The quantitative estimate of drug-likeness (QED) is 0.615. The van der Waals surface area contributed by atoms with Crippen molar-refractivity contribution in [1.29, 1.82) is 0 Å². The van der Waals surface area contributed by atoms with Crippen LogP contribution in [0.2, 0.25) is 5.02 Å². The zero-order chi connectivity index (χ0) is 18.1. The molecule has 0 bridgehead atoms. The third-order valence-electron chi connectivity index (χ3n) is 3.95. The lowest BCUT2D eigenvalue weighted by atomic mass is 10.0. The molecule has 7 heteroatoms. The van der Waals surface area contributed by atoms with Gasteiger partial charge in [0.05, 0.1) is 23.6 Å². The zero-order valence-corrected chi connectivity index (χ0v) is 15.9. The van der Waals surface area contributed by atoms with Gasteiger partial charge in [-0.3, -0.25) is 4.98 Å². The van der Waals surface area contributed by atoms with Crippen molar-refractivity contribution >= 4 is 33.2 Å². The number of aryl methyl sites for hydroxylation is 1. The fraction of sp³-hybridized carbons (Fsp3) is 0.167. The summed E-state index contributed by atoms with van der Waals surface area (Å²) >= 11 is 9.47. The number of aliphatic hydroxyl groups excluding tert-OH is 1. The molecule has 25 heavy (non-hydrogen) atoms. The lowest BCUT2D eigenvalue weighted by molar-refractivity contribution is 0.213. The standard InChI is InChI=1S/C18H14BrClN4O/c1-10-17(18(25)16-6-4-12(19)9-22-16)11(2)24(23-10)13-5-7-15(21-3)14(20)8-13/h4-9,18,25H,1-2H3. The highest BCUT2D eigenvalue weighted by Gasteiger charge is 2.22. The van der Waals surface area contributed by atoms with Crippen molar-refractivity contribution in [1.82, 2.24) is 14.8 Å².